The molecule has 0 amide bonds. The summed E-state index contributed by atoms with van der Waals surface area (Å²) in [6.07, 6.45) is -2.71. The molecule has 196 valence electrons. The molecular formula is C29H29Cl2F3N2O. The lowest BCUT2D eigenvalue weighted by molar-refractivity contribution is -0.274. The summed E-state index contributed by atoms with van der Waals surface area (Å²) in [6, 6.07) is 18.0. The van der Waals surface area contributed by atoms with Crippen LogP contribution in [0.25, 0.3) is 5.57 Å². The van der Waals surface area contributed by atoms with Crippen LogP contribution in [-0.2, 0) is 13.1 Å². The van der Waals surface area contributed by atoms with Crippen LogP contribution in [0.5, 0.6) is 5.75 Å². The van der Waals surface area contributed by atoms with E-state index >= 15 is 0 Å². The Morgan fingerprint density at radius 3 is 2.05 bits per heavy atom. The minimum Gasteiger partial charge on any atom is -0.406 e. The van der Waals surface area contributed by atoms with E-state index in [1.165, 1.54) is 17.7 Å². The van der Waals surface area contributed by atoms with Crippen LogP contribution in [0.2, 0.25) is 10.0 Å². The Labute approximate surface area is 226 Å². The molecule has 0 radical (unpaired) electrons. The summed E-state index contributed by atoms with van der Waals surface area (Å²) in [5.74, 6) is -0.229. The van der Waals surface area contributed by atoms with Crippen molar-refractivity contribution >= 4 is 28.8 Å². The summed E-state index contributed by atoms with van der Waals surface area (Å²) < 4.78 is 41.6. The van der Waals surface area contributed by atoms with Crippen LogP contribution in [0.3, 0.4) is 0 Å². The number of alkyl halides is 3. The highest BCUT2D eigenvalue weighted by molar-refractivity contribution is 6.35. The predicted molar refractivity (Wildman–Crippen MR) is 144 cm³/mol. The minimum atomic E-state index is -4.71. The molecule has 0 unspecified atom stereocenters. The van der Waals surface area contributed by atoms with Gasteiger partial charge >= 0.3 is 6.36 Å². The van der Waals surface area contributed by atoms with E-state index in [0.29, 0.717) is 10.0 Å². The molecule has 0 spiro atoms. The van der Waals surface area contributed by atoms with E-state index in [9.17, 15) is 13.2 Å². The Balaban J connectivity index is 1.41. The van der Waals surface area contributed by atoms with Gasteiger partial charge in [-0.3, -0.25) is 9.80 Å². The Bertz CT molecular complexity index is 1230. The predicted octanol–water partition coefficient (Wildman–Crippen LogP) is 7.97. The molecule has 0 N–H and O–H groups in total. The van der Waals surface area contributed by atoms with Crippen molar-refractivity contribution < 1.29 is 17.9 Å². The maximum atomic E-state index is 12.5. The molecule has 0 aromatic heterocycles. The summed E-state index contributed by atoms with van der Waals surface area (Å²) in [6.45, 7) is 9.25. The number of piperazine rings is 1. The lowest BCUT2D eigenvalue weighted by Crippen LogP contribution is -2.45. The average Bonchev–Trinajstić information content (AvgIpc) is 2.85. The van der Waals surface area contributed by atoms with E-state index in [-0.39, 0.29) is 5.75 Å². The van der Waals surface area contributed by atoms with E-state index in [2.05, 4.69) is 32.7 Å². The molecule has 1 saturated heterocycles. The van der Waals surface area contributed by atoms with Gasteiger partial charge in [0.15, 0.2) is 0 Å². The van der Waals surface area contributed by atoms with E-state index in [4.69, 9.17) is 23.2 Å². The maximum Gasteiger partial charge on any atom is 0.573 e. The molecule has 1 aliphatic rings. The van der Waals surface area contributed by atoms with Gasteiger partial charge in [-0.25, -0.2) is 0 Å². The van der Waals surface area contributed by atoms with E-state index in [1.807, 2.05) is 38.1 Å². The van der Waals surface area contributed by atoms with E-state index < -0.39 is 6.36 Å². The van der Waals surface area contributed by atoms with Crippen molar-refractivity contribution in [2.45, 2.75) is 33.3 Å². The van der Waals surface area contributed by atoms with E-state index in [1.54, 1.807) is 12.1 Å². The van der Waals surface area contributed by atoms with Gasteiger partial charge in [0.2, 0.25) is 0 Å². The number of rotatable bonds is 7. The molecule has 1 heterocycles. The second-order valence-electron chi connectivity index (χ2n) is 9.18. The van der Waals surface area contributed by atoms with Crippen LogP contribution in [0, 0.1) is 6.92 Å². The number of aryl methyl sites for hydroxylation is 1. The molecule has 1 aliphatic heterocycles. The van der Waals surface area contributed by atoms with Gasteiger partial charge in [-0.05, 0) is 72.0 Å². The number of nitrogens with zero attached hydrogens (tertiary/aromatic N) is 2. The fourth-order valence-corrected chi connectivity index (χ4v) is 5.16. The van der Waals surface area contributed by atoms with Crippen molar-refractivity contribution in [1.82, 2.24) is 9.80 Å². The number of allylic oxidation sites excluding steroid dienone is 1. The Morgan fingerprint density at radius 2 is 1.49 bits per heavy atom. The van der Waals surface area contributed by atoms with Crippen LogP contribution in [0.1, 0.15) is 34.7 Å². The van der Waals surface area contributed by atoms with Gasteiger partial charge in [-0.1, -0.05) is 59.6 Å². The molecular weight excluding hydrogens is 520 g/mol. The number of hydrogen-bond donors (Lipinski definition) is 0. The Kier molecular flexibility index (Phi) is 8.86. The van der Waals surface area contributed by atoms with Crippen LogP contribution < -0.4 is 4.74 Å². The molecule has 37 heavy (non-hydrogen) atoms. The largest absolute Gasteiger partial charge is 0.573 e. The SMILES string of the molecule is C/C=C(/c1ccc(OC(F)(F)F)cc1)c1cc(CN2CCN(Cc3c(Cl)cccc3Cl)CC2)ccc1C. The summed E-state index contributed by atoms with van der Waals surface area (Å²) in [4.78, 5) is 4.80. The number of hydrogen-bond acceptors (Lipinski definition) is 3. The van der Waals surface area contributed by atoms with Gasteiger partial charge in [0, 0.05) is 54.9 Å². The molecule has 3 aromatic carbocycles. The van der Waals surface area contributed by atoms with Crippen molar-refractivity contribution in [3.05, 3.63) is 105 Å². The second kappa shape index (κ2) is 11.9. The highest BCUT2D eigenvalue weighted by atomic mass is 35.5. The summed E-state index contributed by atoms with van der Waals surface area (Å²) >= 11 is 12.7. The topological polar surface area (TPSA) is 15.7 Å². The average molecular weight is 549 g/mol. The van der Waals surface area contributed by atoms with Gasteiger partial charge in [0.1, 0.15) is 5.75 Å². The fourth-order valence-electron chi connectivity index (χ4n) is 4.64. The van der Waals surface area contributed by atoms with Gasteiger partial charge < -0.3 is 4.74 Å². The van der Waals surface area contributed by atoms with Gasteiger partial charge in [0.25, 0.3) is 0 Å². The first-order valence-corrected chi connectivity index (χ1v) is 12.9. The maximum absolute atomic E-state index is 12.5. The third-order valence-electron chi connectivity index (χ3n) is 6.59. The van der Waals surface area contributed by atoms with Crippen LogP contribution in [0.15, 0.2) is 66.7 Å². The molecule has 3 aromatic rings. The molecule has 0 aliphatic carbocycles. The number of halogens is 5. The van der Waals surface area contributed by atoms with Gasteiger partial charge in [-0.2, -0.15) is 0 Å². The highest BCUT2D eigenvalue weighted by Crippen LogP contribution is 2.31. The molecule has 0 bridgehead atoms. The van der Waals surface area contributed by atoms with Crippen molar-refractivity contribution in [3.63, 3.8) is 0 Å². The second-order valence-corrected chi connectivity index (χ2v) is 9.99. The Morgan fingerprint density at radius 1 is 0.892 bits per heavy atom. The minimum absolute atomic E-state index is 0.229. The molecule has 0 atom stereocenters. The van der Waals surface area contributed by atoms with Crippen LogP contribution in [0.4, 0.5) is 13.2 Å². The third-order valence-corrected chi connectivity index (χ3v) is 7.30. The summed E-state index contributed by atoms with van der Waals surface area (Å²) in [5.41, 5.74) is 6.15. The van der Waals surface area contributed by atoms with Gasteiger partial charge in [0.05, 0.1) is 0 Å². The first-order chi connectivity index (χ1) is 17.6. The molecule has 3 nitrogen and oxygen atoms in total. The lowest BCUT2D eigenvalue weighted by atomic mass is 9.92. The quantitative estimate of drug-likeness (QED) is 0.297. The summed E-state index contributed by atoms with van der Waals surface area (Å²) in [7, 11) is 0. The molecule has 8 heteroatoms. The fraction of sp³-hybridized carbons (Fsp3) is 0.310. The monoisotopic (exact) mass is 548 g/mol. The zero-order valence-corrected chi connectivity index (χ0v) is 22.3. The number of ether oxygens (including phenoxy) is 1. The van der Waals surface area contributed by atoms with Crippen LogP contribution >= 0.6 is 23.2 Å². The normalized spacial score (nSPS) is 15.7. The zero-order valence-electron chi connectivity index (χ0n) is 20.8. The van der Waals surface area contributed by atoms with E-state index in [0.717, 1.165) is 67.1 Å². The first-order valence-electron chi connectivity index (χ1n) is 12.1. The van der Waals surface area contributed by atoms with Crippen molar-refractivity contribution in [2.24, 2.45) is 0 Å². The molecule has 0 saturated carbocycles. The standard InChI is InChI=1S/C29H29Cl2F3N2O/c1-3-24(22-9-11-23(12-10-22)37-29(32,33)34)25-17-21(8-7-20(25)2)18-35-13-15-36(16-14-35)19-26-27(30)5-4-6-28(26)31/h3-12,17H,13-16,18-19H2,1-2H3/b24-3-. The highest BCUT2D eigenvalue weighted by Gasteiger charge is 2.31. The Hall–Kier alpha value is -2.51. The summed E-state index contributed by atoms with van der Waals surface area (Å²) in [5, 5.41) is 1.40. The number of benzene rings is 3. The molecule has 1 fully saturated rings. The lowest BCUT2D eigenvalue weighted by Gasteiger charge is -2.35. The van der Waals surface area contributed by atoms with Crippen molar-refractivity contribution in [3.8, 4) is 5.75 Å². The van der Waals surface area contributed by atoms with Crippen molar-refractivity contribution in [1.29, 1.82) is 0 Å². The zero-order chi connectivity index (χ0) is 26.6. The first kappa shape index (κ1) is 27.5. The smallest absolute Gasteiger partial charge is 0.406 e. The third kappa shape index (κ3) is 7.29. The van der Waals surface area contributed by atoms with Crippen LogP contribution in [-0.4, -0.2) is 42.3 Å². The van der Waals surface area contributed by atoms with Gasteiger partial charge in [-0.15, -0.1) is 13.2 Å². The van der Waals surface area contributed by atoms with Crippen molar-refractivity contribution in [2.75, 3.05) is 26.2 Å². The molecule has 4 rings (SSSR count).